The molecule has 0 unspecified atom stereocenters. The van der Waals surface area contributed by atoms with Crippen LogP contribution < -0.4 is 10.1 Å². The standard InChI is InChI=1S/C16H22FN3O/c1-4-7-20-11-15(10-19-20)21-16-6-5-14(17)8-13(16)9-18-12(2)3/h5-6,8,10-12,18H,4,7,9H2,1-3H3. The Labute approximate surface area is 124 Å². The highest BCUT2D eigenvalue weighted by molar-refractivity contribution is 5.37. The first-order valence-electron chi connectivity index (χ1n) is 7.30. The molecule has 0 atom stereocenters. The summed E-state index contributed by atoms with van der Waals surface area (Å²) < 4.78 is 21.1. The van der Waals surface area contributed by atoms with Crippen molar-refractivity contribution < 1.29 is 9.13 Å². The van der Waals surface area contributed by atoms with E-state index in [1.165, 1.54) is 12.1 Å². The van der Waals surface area contributed by atoms with Crippen LogP contribution in [0.1, 0.15) is 32.8 Å². The summed E-state index contributed by atoms with van der Waals surface area (Å²) in [5, 5.41) is 7.50. The fraction of sp³-hybridized carbons (Fsp3) is 0.438. The predicted molar refractivity (Wildman–Crippen MR) is 81.0 cm³/mol. The molecule has 0 saturated carbocycles. The zero-order chi connectivity index (χ0) is 15.2. The lowest BCUT2D eigenvalue weighted by molar-refractivity contribution is 0.465. The van der Waals surface area contributed by atoms with Crippen LogP contribution in [-0.2, 0) is 13.1 Å². The Morgan fingerprint density at radius 3 is 2.90 bits per heavy atom. The first kappa shape index (κ1) is 15.5. The van der Waals surface area contributed by atoms with Crippen molar-refractivity contribution in [1.82, 2.24) is 15.1 Å². The molecule has 0 fully saturated rings. The van der Waals surface area contributed by atoms with Gasteiger partial charge in [0.1, 0.15) is 11.6 Å². The molecular weight excluding hydrogens is 269 g/mol. The van der Waals surface area contributed by atoms with E-state index in [-0.39, 0.29) is 5.82 Å². The Morgan fingerprint density at radius 2 is 2.19 bits per heavy atom. The molecule has 0 radical (unpaired) electrons. The van der Waals surface area contributed by atoms with Crippen molar-refractivity contribution in [2.45, 2.75) is 46.3 Å². The van der Waals surface area contributed by atoms with Crippen molar-refractivity contribution in [2.75, 3.05) is 0 Å². The topological polar surface area (TPSA) is 39.1 Å². The fourth-order valence-corrected chi connectivity index (χ4v) is 1.98. The molecule has 1 aromatic carbocycles. The molecule has 4 nitrogen and oxygen atoms in total. The number of ether oxygens (including phenoxy) is 1. The summed E-state index contributed by atoms with van der Waals surface area (Å²) in [6.07, 6.45) is 4.55. The molecule has 1 aromatic heterocycles. The Kier molecular flexibility index (Phi) is 5.33. The van der Waals surface area contributed by atoms with Crippen molar-refractivity contribution in [1.29, 1.82) is 0 Å². The predicted octanol–water partition coefficient (Wildman–Crippen LogP) is 3.72. The van der Waals surface area contributed by atoms with Crippen LogP contribution in [0.4, 0.5) is 4.39 Å². The Balaban J connectivity index is 2.13. The van der Waals surface area contributed by atoms with Gasteiger partial charge >= 0.3 is 0 Å². The lowest BCUT2D eigenvalue weighted by atomic mass is 10.2. The summed E-state index contributed by atoms with van der Waals surface area (Å²) in [4.78, 5) is 0. The van der Waals surface area contributed by atoms with E-state index in [1.54, 1.807) is 12.3 Å². The number of halogens is 1. The molecule has 0 spiro atoms. The molecule has 21 heavy (non-hydrogen) atoms. The van der Waals surface area contributed by atoms with E-state index in [2.05, 4.69) is 31.2 Å². The summed E-state index contributed by atoms with van der Waals surface area (Å²) in [7, 11) is 0. The van der Waals surface area contributed by atoms with Crippen LogP contribution in [0.3, 0.4) is 0 Å². The molecule has 0 aliphatic rings. The largest absolute Gasteiger partial charge is 0.454 e. The molecule has 0 aliphatic carbocycles. The average molecular weight is 291 g/mol. The molecule has 2 rings (SSSR count). The molecule has 5 heteroatoms. The van der Waals surface area contributed by atoms with Gasteiger partial charge in [-0.3, -0.25) is 4.68 Å². The average Bonchev–Trinajstić information content (AvgIpc) is 2.87. The Morgan fingerprint density at radius 1 is 1.38 bits per heavy atom. The molecule has 114 valence electrons. The van der Waals surface area contributed by atoms with Crippen LogP contribution in [0, 0.1) is 5.82 Å². The SMILES string of the molecule is CCCn1cc(Oc2ccc(F)cc2CNC(C)C)cn1. The van der Waals surface area contributed by atoms with Gasteiger partial charge in [-0.1, -0.05) is 20.8 Å². The summed E-state index contributed by atoms with van der Waals surface area (Å²) in [5.74, 6) is 1.06. The summed E-state index contributed by atoms with van der Waals surface area (Å²) in [6, 6.07) is 4.89. The van der Waals surface area contributed by atoms with Gasteiger partial charge in [0.15, 0.2) is 5.75 Å². The van der Waals surface area contributed by atoms with Gasteiger partial charge in [0, 0.05) is 24.7 Å². The number of hydrogen-bond acceptors (Lipinski definition) is 3. The van der Waals surface area contributed by atoms with Gasteiger partial charge in [0.2, 0.25) is 0 Å². The maximum atomic E-state index is 13.4. The van der Waals surface area contributed by atoms with Gasteiger partial charge in [-0.15, -0.1) is 0 Å². The fourth-order valence-electron chi connectivity index (χ4n) is 1.98. The minimum absolute atomic E-state index is 0.260. The van der Waals surface area contributed by atoms with Crippen LogP contribution in [0.15, 0.2) is 30.6 Å². The van der Waals surface area contributed by atoms with Crippen LogP contribution >= 0.6 is 0 Å². The van der Waals surface area contributed by atoms with E-state index in [1.807, 2.05) is 10.9 Å². The third-order valence-corrected chi connectivity index (χ3v) is 3.01. The van der Waals surface area contributed by atoms with Gasteiger partial charge in [-0.2, -0.15) is 5.10 Å². The minimum atomic E-state index is -0.260. The lowest BCUT2D eigenvalue weighted by Gasteiger charge is -2.12. The highest BCUT2D eigenvalue weighted by atomic mass is 19.1. The van der Waals surface area contributed by atoms with Crippen molar-refractivity contribution in [2.24, 2.45) is 0 Å². The second-order valence-corrected chi connectivity index (χ2v) is 5.33. The van der Waals surface area contributed by atoms with Crippen molar-refractivity contribution >= 4 is 0 Å². The number of benzene rings is 1. The van der Waals surface area contributed by atoms with E-state index in [9.17, 15) is 4.39 Å². The maximum Gasteiger partial charge on any atom is 0.165 e. The molecule has 2 aromatic rings. The molecule has 1 heterocycles. The van der Waals surface area contributed by atoms with E-state index in [0.717, 1.165) is 18.5 Å². The molecular formula is C16H22FN3O. The zero-order valence-corrected chi connectivity index (χ0v) is 12.8. The first-order valence-corrected chi connectivity index (χ1v) is 7.30. The number of nitrogens with zero attached hydrogens (tertiary/aromatic N) is 2. The number of rotatable bonds is 7. The van der Waals surface area contributed by atoms with Gasteiger partial charge in [0.25, 0.3) is 0 Å². The Bertz CT molecular complexity index is 581. The van der Waals surface area contributed by atoms with Gasteiger partial charge in [-0.05, 0) is 24.6 Å². The van der Waals surface area contributed by atoms with Gasteiger partial charge < -0.3 is 10.1 Å². The summed E-state index contributed by atoms with van der Waals surface area (Å²) in [6.45, 7) is 7.61. The molecule has 0 bridgehead atoms. The summed E-state index contributed by atoms with van der Waals surface area (Å²) in [5.41, 5.74) is 0.798. The normalized spacial score (nSPS) is 11.1. The second kappa shape index (κ2) is 7.22. The third-order valence-electron chi connectivity index (χ3n) is 3.01. The van der Waals surface area contributed by atoms with Crippen LogP contribution in [0.2, 0.25) is 0 Å². The lowest BCUT2D eigenvalue weighted by Crippen LogP contribution is -2.22. The van der Waals surface area contributed by atoms with Gasteiger partial charge in [0.05, 0.1) is 12.4 Å². The molecule has 0 saturated heterocycles. The van der Waals surface area contributed by atoms with Crippen molar-refractivity contribution in [3.05, 3.63) is 42.0 Å². The molecule has 0 aliphatic heterocycles. The third kappa shape index (κ3) is 4.56. The van der Waals surface area contributed by atoms with Crippen LogP contribution in [0.5, 0.6) is 11.5 Å². The number of aryl methyl sites for hydroxylation is 1. The van der Waals surface area contributed by atoms with Crippen molar-refractivity contribution in [3.63, 3.8) is 0 Å². The van der Waals surface area contributed by atoms with Crippen LogP contribution in [-0.4, -0.2) is 15.8 Å². The van der Waals surface area contributed by atoms with E-state index >= 15 is 0 Å². The second-order valence-electron chi connectivity index (χ2n) is 5.33. The Hall–Kier alpha value is -1.88. The highest BCUT2D eigenvalue weighted by Gasteiger charge is 2.09. The quantitative estimate of drug-likeness (QED) is 0.845. The summed E-state index contributed by atoms with van der Waals surface area (Å²) >= 11 is 0. The maximum absolute atomic E-state index is 13.4. The monoisotopic (exact) mass is 291 g/mol. The van der Waals surface area contributed by atoms with Crippen molar-refractivity contribution in [3.8, 4) is 11.5 Å². The van der Waals surface area contributed by atoms with E-state index < -0.39 is 0 Å². The smallest absolute Gasteiger partial charge is 0.165 e. The number of nitrogens with one attached hydrogen (secondary N) is 1. The van der Waals surface area contributed by atoms with Gasteiger partial charge in [-0.25, -0.2) is 4.39 Å². The van der Waals surface area contributed by atoms with E-state index in [4.69, 9.17) is 4.74 Å². The van der Waals surface area contributed by atoms with Crippen LogP contribution in [0.25, 0.3) is 0 Å². The highest BCUT2D eigenvalue weighted by Crippen LogP contribution is 2.26. The number of hydrogen-bond donors (Lipinski definition) is 1. The minimum Gasteiger partial charge on any atom is -0.454 e. The molecule has 0 amide bonds. The first-order chi connectivity index (χ1) is 10.1. The zero-order valence-electron chi connectivity index (χ0n) is 12.8. The van der Waals surface area contributed by atoms with E-state index in [0.29, 0.717) is 24.1 Å². The number of aromatic nitrogens is 2. The molecule has 1 N–H and O–H groups in total.